The molecule has 3 aromatic carbocycles. The third-order valence-electron chi connectivity index (χ3n) is 6.86. The summed E-state index contributed by atoms with van der Waals surface area (Å²) >= 11 is 8.25. The first-order chi connectivity index (χ1) is 19.4. The molecule has 3 aromatic rings. The minimum absolute atomic E-state index is 0.000397. The van der Waals surface area contributed by atoms with E-state index >= 15 is 0 Å². The number of hydrogen-bond acceptors (Lipinski definition) is 7. The molecule has 4 rings (SSSR count). The second-order valence-electron chi connectivity index (χ2n) is 9.34. The number of rotatable bonds is 11. The highest BCUT2D eigenvalue weighted by Crippen LogP contribution is 2.56. The number of methoxy groups -OCH3 is 3. The molecule has 0 saturated carbocycles. The summed E-state index contributed by atoms with van der Waals surface area (Å²) < 4.78 is 16.0. The predicted octanol–water partition coefficient (Wildman–Crippen LogP) is 6.32. The van der Waals surface area contributed by atoms with E-state index in [1.165, 1.54) is 7.11 Å². The van der Waals surface area contributed by atoms with Crippen LogP contribution in [-0.2, 0) is 19.1 Å². The highest BCUT2D eigenvalue weighted by atomic mass is 35.5. The van der Waals surface area contributed by atoms with Crippen LogP contribution >= 0.6 is 23.4 Å². The van der Waals surface area contributed by atoms with Gasteiger partial charge in [-0.05, 0) is 46.9 Å². The number of esters is 1. The normalized spacial score (nSPS) is 15.7. The molecule has 1 aliphatic rings. The molecule has 0 bridgehead atoms. The van der Waals surface area contributed by atoms with Crippen LogP contribution in [0.4, 0.5) is 0 Å². The Kier molecular flexibility index (Phi) is 10.1. The van der Waals surface area contributed by atoms with Crippen molar-refractivity contribution in [3.8, 4) is 22.6 Å². The summed E-state index contributed by atoms with van der Waals surface area (Å²) in [7, 11) is 4.52. The van der Waals surface area contributed by atoms with E-state index in [2.05, 4.69) is 22.2 Å². The number of benzene rings is 3. The lowest BCUT2D eigenvalue weighted by Gasteiger charge is -2.25. The Morgan fingerprint density at radius 1 is 0.850 bits per heavy atom. The molecule has 0 spiro atoms. The number of para-hydroxylation sites is 1. The lowest BCUT2D eigenvalue weighted by atomic mass is 9.90. The summed E-state index contributed by atoms with van der Waals surface area (Å²) in [5, 5.41) is 3.15. The molecule has 1 heterocycles. The van der Waals surface area contributed by atoms with Gasteiger partial charge < -0.3 is 19.5 Å². The number of ketones is 1. The fourth-order valence-electron chi connectivity index (χ4n) is 4.89. The number of carbonyl (C=O) groups excluding carboxylic acids is 3. The van der Waals surface area contributed by atoms with Crippen LogP contribution in [0.15, 0.2) is 60.7 Å². The van der Waals surface area contributed by atoms with Gasteiger partial charge in [0.05, 0.1) is 39.5 Å². The van der Waals surface area contributed by atoms with Crippen molar-refractivity contribution in [3.63, 3.8) is 0 Å². The average molecular weight is 582 g/mol. The molecule has 1 amide bonds. The zero-order chi connectivity index (χ0) is 28.6. The second kappa shape index (κ2) is 13.7. The van der Waals surface area contributed by atoms with E-state index in [0.29, 0.717) is 22.9 Å². The van der Waals surface area contributed by atoms with Gasteiger partial charge in [0.25, 0.3) is 0 Å². The molecule has 0 aromatic heterocycles. The molecule has 0 unspecified atom stereocenters. The molecular formula is C31H32ClNO6S. The van der Waals surface area contributed by atoms with Crippen LogP contribution in [-0.4, -0.2) is 45.5 Å². The van der Waals surface area contributed by atoms with Crippen molar-refractivity contribution < 1.29 is 28.6 Å². The number of carbonyl (C=O) groups is 3. The topological polar surface area (TPSA) is 90.9 Å². The van der Waals surface area contributed by atoms with Crippen LogP contribution in [0.3, 0.4) is 0 Å². The summed E-state index contributed by atoms with van der Waals surface area (Å²) in [6, 6.07) is 20.0. The first-order valence-corrected chi connectivity index (χ1v) is 14.3. The monoisotopic (exact) mass is 581 g/mol. The van der Waals surface area contributed by atoms with E-state index in [1.54, 1.807) is 26.0 Å². The van der Waals surface area contributed by atoms with E-state index in [0.717, 1.165) is 27.8 Å². The van der Waals surface area contributed by atoms with Crippen LogP contribution in [0.2, 0.25) is 5.02 Å². The van der Waals surface area contributed by atoms with Crippen molar-refractivity contribution in [1.29, 1.82) is 0 Å². The lowest BCUT2D eigenvalue weighted by molar-refractivity contribution is -0.141. The Labute approximate surface area is 243 Å². The van der Waals surface area contributed by atoms with Gasteiger partial charge in [0.2, 0.25) is 5.91 Å². The summed E-state index contributed by atoms with van der Waals surface area (Å²) in [6.45, 7) is -0.113. The molecule has 2 atom stereocenters. The van der Waals surface area contributed by atoms with Crippen molar-refractivity contribution in [2.24, 2.45) is 0 Å². The number of hydrogen-bond donors (Lipinski definition) is 1. The maximum absolute atomic E-state index is 12.8. The smallest absolute Gasteiger partial charge is 0.305 e. The highest BCUT2D eigenvalue weighted by Gasteiger charge is 2.32. The van der Waals surface area contributed by atoms with Gasteiger partial charge in [0.15, 0.2) is 17.3 Å². The fraction of sp³-hybridized carbons (Fsp3) is 0.323. The Morgan fingerprint density at radius 3 is 2.35 bits per heavy atom. The Hall–Kier alpha value is -3.49. The molecule has 0 fully saturated rings. The SMILES string of the molecule is COC(=O)CCC(=O)CNC(=O)CC[C@@H]1S[C@@H](c2cccc(OC)c2OC)c2cc(Cl)ccc2-c2ccccc21. The molecule has 0 saturated heterocycles. The molecule has 1 aliphatic heterocycles. The highest BCUT2D eigenvalue weighted by molar-refractivity contribution is 8.00. The van der Waals surface area contributed by atoms with E-state index < -0.39 is 5.97 Å². The molecule has 0 aliphatic carbocycles. The predicted molar refractivity (Wildman–Crippen MR) is 157 cm³/mol. The summed E-state index contributed by atoms with van der Waals surface area (Å²) in [5.41, 5.74) is 5.30. The van der Waals surface area contributed by atoms with Crippen LogP contribution in [0.25, 0.3) is 11.1 Å². The quantitative estimate of drug-likeness (QED) is 0.265. The Balaban J connectivity index is 1.61. The summed E-state index contributed by atoms with van der Waals surface area (Å²) in [5.74, 6) is 0.406. The van der Waals surface area contributed by atoms with E-state index in [1.807, 2.05) is 48.5 Å². The molecule has 0 radical (unpaired) electrons. The average Bonchev–Trinajstić information content (AvgIpc) is 3.11. The molecule has 9 heteroatoms. The van der Waals surface area contributed by atoms with Gasteiger partial charge in [-0.1, -0.05) is 54.1 Å². The van der Waals surface area contributed by atoms with E-state index in [4.69, 9.17) is 21.1 Å². The minimum Gasteiger partial charge on any atom is -0.493 e. The van der Waals surface area contributed by atoms with Crippen molar-refractivity contribution in [1.82, 2.24) is 5.32 Å². The molecule has 210 valence electrons. The Bertz CT molecular complexity index is 1390. The first-order valence-electron chi connectivity index (χ1n) is 13.0. The fourth-order valence-corrected chi connectivity index (χ4v) is 6.68. The van der Waals surface area contributed by atoms with Crippen molar-refractivity contribution >= 4 is 41.0 Å². The standard InChI is InChI=1S/C31H32ClNO6S/c1-37-26-10-6-9-24(30(26)39-3)31-25-17-19(32)11-13-22(25)21-7-4-5-8-23(21)27(40-31)14-15-28(35)33-18-20(34)12-16-29(36)38-2/h4-11,13,17,27,31H,12,14-16,18H2,1-3H3,(H,33,35)/t27-,31-/m0/s1. The number of amides is 1. The number of thioether (sulfide) groups is 1. The van der Waals surface area contributed by atoms with Crippen molar-refractivity contribution in [2.45, 2.75) is 36.2 Å². The van der Waals surface area contributed by atoms with E-state index in [-0.39, 0.29) is 48.0 Å². The van der Waals surface area contributed by atoms with Gasteiger partial charge >= 0.3 is 5.97 Å². The summed E-state index contributed by atoms with van der Waals surface area (Å²) in [6.07, 6.45) is 0.813. The van der Waals surface area contributed by atoms with Gasteiger partial charge in [0.1, 0.15) is 0 Å². The Morgan fingerprint density at radius 2 is 1.60 bits per heavy atom. The maximum Gasteiger partial charge on any atom is 0.305 e. The third kappa shape index (κ3) is 6.80. The van der Waals surface area contributed by atoms with Crippen LogP contribution < -0.4 is 14.8 Å². The van der Waals surface area contributed by atoms with Crippen LogP contribution in [0.5, 0.6) is 11.5 Å². The van der Waals surface area contributed by atoms with Gasteiger partial charge in [-0.3, -0.25) is 14.4 Å². The number of ether oxygens (including phenoxy) is 3. The first kappa shape index (κ1) is 29.5. The molecular weight excluding hydrogens is 550 g/mol. The molecule has 7 nitrogen and oxygen atoms in total. The molecule has 40 heavy (non-hydrogen) atoms. The number of halogens is 1. The lowest BCUT2D eigenvalue weighted by Crippen LogP contribution is -2.29. The zero-order valence-electron chi connectivity index (χ0n) is 22.7. The van der Waals surface area contributed by atoms with Gasteiger partial charge in [-0.2, -0.15) is 0 Å². The van der Waals surface area contributed by atoms with Crippen molar-refractivity contribution in [3.05, 3.63) is 82.4 Å². The van der Waals surface area contributed by atoms with Crippen LogP contribution in [0, 0.1) is 0 Å². The van der Waals surface area contributed by atoms with Gasteiger partial charge in [-0.25, -0.2) is 0 Å². The number of fused-ring (bicyclic) bond motifs is 3. The number of nitrogens with one attached hydrogen (secondary N) is 1. The van der Waals surface area contributed by atoms with Crippen molar-refractivity contribution in [2.75, 3.05) is 27.9 Å². The third-order valence-corrected chi connectivity index (χ3v) is 8.70. The second-order valence-corrected chi connectivity index (χ2v) is 11.1. The van der Waals surface area contributed by atoms with Gasteiger partial charge in [-0.15, -0.1) is 11.8 Å². The maximum atomic E-state index is 12.8. The van der Waals surface area contributed by atoms with Gasteiger partial charge in [0, 0.05) is 28.7 Å². The summed E-state index contributed by atoms with van der Waals surface area (Å²) in [4.78, 5) is 36.1. The largest absolute Gasteiger partial charge is 0.493 e. The molecule has 1 N–H and O–H groups in total. The minimum atomic E-state index is -0.451. The van der Waals surface area contributed by atoms with Crippen LogP contribution in [0.1, 0.15) is 52.9 Å². The zero-order valence-corrected chi connectivity index (χ0v) is 24.3. The number of Topliss-reactive ketones (excluding diaryl/α,β-unsaturated/α-hetero) is 1. The van der Waals surface area contributed by atoms with E-state index in [9.17, 15) is 14.4 Å².